The Labute approximate surface area is 161 Å². The van der Waals surface area contributed by atoms with Gasteiger partial charge >= 0.3 is 0 Å². The van der Waals surface area contributed by atoms with Gasteiger partial charge in [-0.05, 0) is 55.1 Å². The van der Waals surface area contributed by atoms with Gasteiger partial charge in [-0.2, -0.15) is 0 Å². The van der Waals surface area contributed by atoms with E-state index in [1.807, 2.05) is 55.5 Å². The maximum atomic E-state index is 12.5. The molecule has 0 aliphatic rings. The average molecular weight is 385 g/mol. The molecule has 1 N–H and O–H groups in total. The van der Waals surface area contributed by atoms with E-state index in [0.717, 1.165) is 32.5 Å². The Balaban J connectivity index is 1.78. The number of aromatic nitrogens is 1. The predicted molar refractivity (Wildman–Crippen MR) is 110 cm³/mol. The summed E-state index contributed by atoms with van der Waals surface area (Å²) in [6.45, 7) is 4.10. The Bertz CT molecular complexity index is 904. The van der Waals surface area contributed by atoms with E-state index >= 15 is 0 Å². The average Bonchev–Trinajstić information content (AvgIpc) is 3.02. The number of ether oxygens (including phenoxy) is 1. The minimum absolute atomic E-state index is 0.140. The van der Waals surface area contributed by atoms with Crippen LogP contribution in [0.1, 0.15) is 22.2 Å². The van der Waals surface area contributed by atoms with Gasteiger partial charge in [-0.1, -0.05) is 13.0 Å². The summed E-state index contributed by atoms with van der Waals surface area (Å²) in [4.78, 5) is 19.3. The predicted octanol–water partition coefficient (Wildman–Crippen LogP) is 5.49. The van der Waals surface area contributed by atoms with Crippen LogP contribution in [0.4, 0.5) is 5.13 Å². The monoisotopic (exact) mass is 384 g/mol. The van der Waals surface area contributed by atoms with Crippen LogP contribution in [0.25, 0.3) is 11.3 Å². The zero-order chi connectivity index (χ0) is 18.5. The number of rotatable bonds is 6. The summed E-state index contributed by atoms with van der Waals surface area (Å²) in [5, 5.41) is 3.52. The molecule has 4 nitrogen and oxygen atoms in total. The Hall–Kier alpha value is -2.31. The van der Waals surface area contributed by atoms with Crippen molar-refractivity contribution in [3.8, 4) is 17.0 Å². The number of thiazole rings is 1. The zero-order valence-corrected chi connectivity index (χ0v) is 16.5. The maximum absolute atomic E-state index is 12.5. The van der Waals surface area contributed by atoms with Gasteiger partial charge in [0.2, 0.25) is 0 Å². The van der Waals surface area contributed by atoms with Gasteiger partial charge in [0, 0.05) is 20.9 Å². The standard InChI is InChI=1S/C20H20N2O2S2/c1-4-25-17-7-5-6-15(12-17)19(23)22-20-21-18(13(2)26-20)14-8-10-16(24-3)11-9-14/h5-12H,4H2,1-3H3,(H,21,22,23). The number of benzene rings is 2. The molecule has 0 saturated heterocycles. The third kappa shape index (κ3) is 4.26. The lowest BCUT2D eigenvalue weighted by Crippen LogP contribution is -2.11. The molecule has 6 heteroatoms. The highest BCUT2D eigenvalue weighted by Crippen LogP contribution is 2.31. The number of carbonyl (C=O) groups is 1. The van der Waals surface area contributed by atoms with Crippen molar-refractivity contribution >= 4 is 34.1 Å². The highest BCUT2D eigenvalue weighted by atomic mass is 32.2. The van der Waals surface area contributed by atoms with Gasteiger partial charge in [0.25, 0.3) is 5.91 Å². The van der Waals surface area contributed by atoms with E-state index < -0.39 is 0 Å². The molecule has 134 valence electrons. The van der Waals surface area contributed by atoms with Gasteiger partial charge in [-0.15, -0.1) is 23.1 Å². The lowest BCUT2D eigenvalue weighted by Gasteiger charge is -2.04. The molecule has 0 aliphatic carbocycles. The fourth-order valence-corrected chi connectivity index (χ4v) is 4.08. The number of hydrogen-bond donors (Lipinski definition) is 1. The number of carbonyl (C=O) groups excluding carboxylic acids is 1. The molecular formula is C20H20N2O2S2. The third-order valence-electron chi connectivity index (χ3n) is 3.79. The molecule has 3 rings (SSSR count). The number of methoxy groups -OCH3 is 1. The largest absolute Gasteiger partial charge is 0.497 e. The summed E-state index contributed by atoms with van der Waals surface area (Å²) in [5.74, 6) is 1.64. The molecule has 0 atom stereocenters. The first-order valence-electron chi connectivity index (χ1n) is 8.26. The van der Waals surface area contributed by atoms with Crippen molar-refractivity contribution in [3.05, 3.63) is 59.0 Å². The maximum Gasteiger partial charge on any atom is 0.257 e. The van der Waals surface area contributed by atoms with Gasteiger partial charge in [0.05, 0.1) is 12.8 Å². The molecule has 0 fully saturated rings. The summed E-state index contributed by atoms with van der Waals surface area (Å²) in [6.07, 6.45) is 0. The van der Waals surface area contributed by atoms with E-state index in [4.69, 9.17) is 4.74 Å². The molecule has 1 heterocycles. The Morgan fingerprint density at radius 3 is 2.69 bits per heavy atom. The van der Waals surface area contributed by atoms with Crippen molar-refractivity contribution in [2.75, 3.05) is 18.2 Å². The number of aryl methyl sites for hydroxylation is 1. The van der Waals surface area contributed by atoms with Crippen LogP contribution in [0.2, 0.25) is 0 Å². The molecule has 2 aromatic carbocycles. The fraction of sp³-hybridized carbons (Fsp3) is 0.200. The van der Waals surface area contributed by atoms with Crippen LogP contribution >= 0.6 is 23.1 Å². The van der Waals surface area contributed by atoms with Crippen LogP contribution in [0.15, 0.2) is 53.4 Å². The topological polar surface area (TPSA) is 51.2 Å². The van der Waals surface area contributed by atoms with Crippen LogP contribution < -0.4 is 10.1 Å². The van der Waals surface area contributed by atoms with Crippen LogP contribution in [0.5, 0.6) is 5.75 Å². The van der Waals surface area contributed by atoms with Gasteiger partial charge < -0.3 is 4.74 Å². The van der Waals surface area contributed by atoms with E-state index in [1.165, 1.54) is 11.3 Å². The Morgan fingerprint density at radius 2 is 2.00 bits per heavy atom. The number of amides is 1. The molecule has 0 spiro atoms. The minimum atomic E-state index is -0.140. The SMILES string of the molecule is CCSc1cccc(C(=O)Nc2nc(-c3ccc(OC)cc3)c(C)s2)c1. The zero-order valence-electron chi connectivity index (χ0n) is 14.9. The highest BCUT2D eigenvalue weighted by molar-refractivity contribution is 7.99. The van der Waals surface area contributed by atoms with Crippen molar-refractivity contribution < 1.29 is 9.53 Å². The van der Waals surface area contributed by atoms with Crippen molar-refractivity contribution in [1.82, 2.24) is 4.98 Å². The normalized spacial score (nSPS) is 10.6. The van der Waals surface area contributed by atoms with E-state index in [9.17, 15) is 4.79 Å². The quantitative estimate of drug-likeness (QED) is 0.571. The lowest BCUT2D eigenvalue weighted by molar-refractivity contribution is 0.102. The molecule has 0 bridgehead atoms. The molecule has 0 saturated carbocycles. The van der Waals surface area contributed by atoms with Gasteiger partial charge in [-0.25, -0.2) is 4.98 Å². The molecule has 0 unspecified atom stereocenters. The summed E-state index contributed by atoms with van der Waals surface area (Å²) in [7, 11) is 1.64. The Kier molecular flexibility index (Phi) is 5.96. The van der Waals surface area contributed by atoms with Crippen molar-refractivity contribution in [3.63, 3.8) is 0 Å². The van der Waals surface area contributed by atoms with Gasteiger partial charge in [0.15, 0.2) is 5.13 Å². The van der Waals surface area contributed by atoms with Gasteiger partial charge in [0.1, 0.15) is 5.75 Å². The first-order valence-corrected chi connectivity index (χ1v) is 10.1. The molecule has 26 heavy (non-hydrogen) atoms. The third-order valence-corrected chi connectivity index (χ3v) is 5.55. The highest BCUT2D eigenvalue weighted by Gasteiger charge is 2.13. The van der Waals surface area contributed by atoms with Crippen LogP contribution in [0, 0.1) is 6.92 Å². The fourth-order valence-electron chi connectivity index (χ4n) is 2.53. The number of hydrogen-bond acceptors (Lipinski definition) is 5. The molecule has 0 aliphatic heterocycles. The second-order valence-corrected chi connectivity index (χ2v) is 8.11. The summed E-state index contributed by atoms with van der Waals surface area (Å²) < 4.78 is 5.19. The smallest absolute Gasteiger partial charge is 0.257 e. The minimum Gasteiger partial charge on any atom is -0.497 e. The number of nitrogens with zero attached hydrogens (tertiary/aromatic N) is 1. The van der Waals surface area contributed by atoms with Crippen LogP contribution in [-0.2, 0) is 0 Å². The number of anilines is 1. The summed E-state index contributed by atoms with van der Waals surface area (Å²) in [6, 6.07) is 15.4. The Morgan fingerprint density at radius 1 is 1.23 bits per heavy atom. The molecule has 3 aromatic rings. The second-order valence-electron chi connectivity index (χ2n) is 5.57. The molecule has 1 aromatic heterocycles. The summed E-state index contributed by atoms with van der Waals surface area (Å²) >= 11 is 3.19. The van der Waals surface area contributed by atoms with Crippen molar-refractivity contribution in [2.45, 2.75) is 18.7 Å². The first-order chi connectivity index (χ1) is 12.6. The summed E-state index contributed by atoms with van der Waals surface area (Å²) in [5.41, 5.74) is 2.52. The van der Waals surface area contributed by atoms with Crippen LogP contribution in [-0.4, -0.2) is 23.8 Å². The first kappa shape index (κ1) is 18.5. The number of nitrogens with one attached hydrogen (secondary N) is 1. The molecule has 1 amide bonds. The van der Waals surface area contributed by atoms with E-state index in [1.54, 1.807) is 18.9 Å². The molecular weight excluding hydrogens is 364 g/mol. The molecule has 0 radical (unpaired) electrons. The lowest BCUT2D eigenvalue weighted by atomic mass is 10.1. The number of thioether (sulfide) groups is 1. The van der Waals surface area contributed by atoms with Crippen molar-refractivity contribution in [2.24, 2.45) is 0 Å². The van der Waals surface area contributed by atoms with E-state index in [0.29, 0.717) is 10.7 Å². The van der Waals surface area contributed by atoms with E-state index in [-0.39, 0.29) is 5.91 Å². The van der Waals surface area contributed by atoms with Crippen molar-refractivity contribution in [1.29, 1.82) is 0 Å². The van der Waals surface area contributed by atoms with E-state index in [2.05, 4.69) is 17.2 Å². The van der Waals surface area contributed by atoms with Crippen LogP contribution in [0.3, 0.4) is 0 Å². The second kappa shape index (κ2) is 8.38. The van der Waals surface area contributed by atoms with Gasteiger partial charge in [-0.3, -0.25) is 10.1 Å².